The van der Waals surface area contributed by atoms with E-state index in [0.29, 0.717) is 38.3 Å². The van der Waals surface area contributed by atoms with Gasteiger partial charge in [0.1, 0.15) is 11.6 Å². The number of aromatic nitrogens is 1. The SMILES string of the molecule is C[C@@H]1CN(C(=O)CNc2ccc3c(c2)CC(=O)C3)CCN1c1ccc(C(F)(F)F)cn1. The Morgan fingerprint density at radius 2 is 1.94 bits per heavy atom. The van der Waals surface area contributed by atoms with Gasteiger partial charge in [0.05, 0.1) is 12.1 Å². The second-order valence-corrected chi connectivity index (χ2v) is 8.01. The van der Waals surface area contributed by atoms with Gasteiger partial charge in [0.15, 0.2) is 0 Å². The van der Waals surface area contributed by atoms with Gasteiger partial charge >= 0.3 is 6.18 Å². The van der Waals surface area contributed by atoms with Crippen LogP contribution in [0.4, 0.5) is 24.7 Å². The molecule has 164 valence electrons. The summed E-state index contributed by atoms with van der Waals surface area (Å²) in [6.07, 6.45) is -2.65. The van der Waals surface area contributed by atoms with Crippen molar-refractivity contribution < 1.29 is 22.8 Å². The molecule has 0 saturated carbocycles. The normalized spacial score (nSPS) is 18.8. The van der Waals surface area contributed by atoms with Gasteiger partial charge in [0.25, 0.3) is 0 Å². The summed E-state index contributed by atoms with van der Waals surface area (Å²) in [6.45, 7) is 3.47. The monoisotopic (exact) mass is 432 g/mol. The van der Waals surface area contributed by atoms with Crippen molar-refractivity contribution >= 4 is 23.2 Å². The van der Waals surface area contributed by atoms with E-state index in [9.17, 15) is 22.8 Å². The number of nitrogens with one attached hydrogen (secondary N) is 1. The summed E-state index contributed by atoms with van der Waals surface area (Å²) in [5.74, 6) is 0.625. The lowest BCUT2D eigenvalue weighted by Crippen LogP contribution is -2.55. The van der Waals surface area contributed by atoms with Crippen LogP contribution in [0.3, 0.4) is 0 Å². The fraction of sp³-hybridized carbons (Fsp3) is 0.409. The van der Waals surface area contributed by atoms with Crippen molar-refractivity contribution in [2.45, 2.75) is 32.0 Å². The Bertz CT molecular complexity index is 991. The van der Waals surface area contributed by atoms with Crippen molar-refractivity contribution in [1.82, 2.24) is 9.88 Å². The molecule has 2 aromatic rings. The van der Waals surface area contributed by atoms with E-state index in [1.807, 2.05) is 30.0 Å². The first-order valence-corrected chi connectivity index (χ1v) is 10.2. The Kier molecular flexibility index (Phi) is 5.60. The van der Waals surface area contributed by atoms with E-state index in [1.165, 1.54) is 6.07 Å². The molecule has 0 unspecified atom stereocenters. The predicted octanol–water partition coefficient (Wildman–Crippen LogP) is 2.92. The fourth-order valence-corrected chi connectivity index (χ4v) is 4.10. The highest BCUT2D eigenvalue weighted by Gasteiger charge is 2.32. The van der Waals surface area contributed by atoms with E-state index in [-0.39, 0.29) is 24.3 Å². The first kappa shape index (κ1) is 21.1. The largest absolute Gasteiger partial charge is 0.417 e. The number of hydrogen-bond acceptors (Lipinski definition) is 5. The molecule has 0 bridgehead atoms. The maximum absolute atomic E-state index is 12.7. The molecule has 31 heavy (non-hydrogen) atoms. The maximum Gasteiger partial charge on any atom is 0.417 e. The number of rotatable bonds is 4. The van der Waals surface area contributed by atoms with Gasteiger partial charge in [-0.3, -0.25) is 9.59 Å². The average molecular weight is 432 g/mol. The molecule has 1 N–H and O–H groups in total. The fourth-order valence-electron chi connectivity index (χ4n) is 4.10. The van der Waals surface area contributed by atoms with Crippen LogP contribution in [-0.2, 0) is 28.6 Å². The van der Waals surface area contributed by atoms with Crippen LogP contribution in [-0.4, -0.2) is 53.8 Å². The second-order valence-electron chi connectivity index (χ2n) is 8.01. The molecule has 2 heterocycles. The number of halogens is 3. The van der Waals surface area contributed by atoms with E-state index in [2.05, 4.69) is 10.3 Å². The van der Waals surface area contributed by atoms with Gasteiger partial charge in [-0.05, 0) is 42.3 Å². The van der Waals surface area contributed by atoms with E-state index in [1.54, 1.807) is 4.90 Å². The first-order valence-electron chi connectivity index (χ1n) is 10.2. The van der Waals surface area contributed by atoms with Crippen molar-refractivity contribution in [3.8, 4) is 0 Å². The smallest absolute Gasteiger partial charge is 0.376 e. The highest BCUT2D eigenvalue weighted by atomic mass is 19.4. The number of fused-ring (bicyclic) bond motifs is 1. The molecule has 0 spiro atoms. The third kappa shape index (κ3) is 4.65. The molecule has 1 atom stereocenters. The Morgan fingerprint density at radius 3 is 2.61 bits per heavy atom. The second kappa shape index (κ2) is 8.20. The summed E-state index contributed by atoms with van der Waals surface area (Å²) < 4.78 is 38.2. The number of pyridine rings is 1. The van der Waals surface area contributed by atoms with Crippen LogP contribution < -0.4 is 10.2 Å². The standard InChI is InChI=1S/C22H23F3N4O2/c1-14-13-28(6-7-29(14)20-5-3-17(11-27-20)22(23,24)25)21(31)12-26-18-4-2-15-9-19(30)10-16(15)8-18/h2-5,8,11,14,26H,6-7,9-10,12-13H2,1H3/t14-/m1/s1. The summed E-state index contributed by atoms with van der Waals surface area (Å²) in [6, 6.07) is 8.04. The minimum Gasteiger partial charge on any atom is -0.376 e. The molecule has 4 rings (SSSR count). The highest BCUT2D eigenvalue weighted by Crippen LogP contribution is 2.30. The molecule has 1 aliphatic carbocycles. The topological polar surface area (TPSA) is 65.5 Å². The molecule has 6 nitrogen and oxygen atoms in total. The number of amides is 1. The van der Waals surface area contributed by atoms with Crippen molar-refractivity contribution in [2.75, 3.05) is 36.4 Å². The number of nitrogens with zero attached hydrogens (tertiary/aromatic N) is 3. The summed E-state index contributed by atoms with van der Waals surface area (Å²) in [5.41, 5.74) is 2.08. The molecular weight excluding hydrogens is 409 g/mol. The molecule has 1 saturated heterocycles. The lowest BCUT2D eigenvalue weighted by Gasteiger charge is -2.40. The van der Waals surface area contributed by atoms with Crippen LogP contribution in [0.1, 0.15) is 23.6 Å². The van der Waals surface area contributed by atoms with E-state index >= 15 is 0 Å². The number of anilines is 2. The molecule has 9 heteroatoms. The molecule has 2 aliphatic rings. The molecule has 1 aromatic carbocycles. The van der Waals surface area contributed by atoms with E-state index in [4.69, 9.17) is 0 Å². The van der Waals surface area contributed by atoms with Crippen molar-refractivity contribution in [3.63, 3.8) is 0 Å². The number of Topliss-reactive ketones (excluding diaryl/α,β-unsaturated/α-hetero) is 1. The molecular formula is C22H23F3N4O2. The Hall–Kier alpha value is -3.10. The highest BCUT2D eigenvalue weighted by molar-refractivity contribution is 5.88. The number of carbonyl (C=O) groups excluding carboxylic acids is 2. The zero-order chi connectivity index (χ0) is 22.2. The van der Waals surface area contributed by atoms with E-state index < -0.39 is 11.7 Å². The van der Waals surface area contributed by atoms with Gasteiger partial charge < -0.3 is 15.1 Å². The molecule has 1 amide bonds. The third-order valence-corrected chi connectivity index (χ3v) is 5.77. The number of carbonyl (C=O) groups is 2. The zero-order valence-electron chi connectivity index (χ0n) is 17.1. The summed E-state index contributed by atoms with van der Waals surface area (Å²) >= 11 is 0. The van der Waals surface area contributed by atoms with Gasteiger partial charge in [-0.15, -0.1) is 0 Å². The van der Waals surface area contributed by atoms with Crippen LogP contribution in [0, 0.1) is 0 Å². The Morgan fingerprint density at radius 1 is 1.16 bits per heavy atom. The molecule has 1 aliphatic heterocycles. The summed E-state index contributed by atoms with van der Waals surface area (Å²) in [7, 11) is 0. The van der Waals surface area contributed by atoms with Crippen LogP contribution in [0.15, 0.2) is 36.5 Å². The first-order chi connectivity index (χ1) is 14.7. The maximum atomic E-state index is 12.7. The lowest BCUT2D eigenvalue weighted by atomic mass is 10.1. The molecule has 1 aromatic heterocycles. The van der Waals surface area contributed by atoms with Crippen LogP contribution >= 0.6 is 0 Å². The minimum atomic E-state index is -4.41. The Balaban J connectivity index is 1.32. The van der Waals surface area contributed by atoms with Crippen molar-refractivity contribution in [1.29, 1.82) is 0 Å². The average Bonchev–Trinajstić information content (AvgIpc) is 3.10. The van der Waals surface area contributed by atoms with Crippen LogP contribution in [0.25, 0.3) is 0 Å². The van der Waals surface area contributed by atoms with Crippen molar-refractivity contribution in [2.24, 2.45) is 0 Å². The molecule has 1 fully saturated rings. The number of ketones is 1. The van der Waals surface area contributed by atoms with Crippen molar-refractivity contribution in [3.05, 3.63) is 53.2 Å². The Labute approximate surface area is 178 Å². The molecule has 0 radical (unpaired) electrons. The van der Waals surface area contributed by atoms with Crippen LogP contribution in [0.5, 0.6) is 0 Å². The number of piperazine rings is 1. The number of benzene rings is 1. The number of alkyl halides is 3. The zero-order valence-corrected chi connectivity index (χ0v) is 17.1. The van der Waals surface area contributed by atoms with Gasteiger partial charge in [0, 0.05) is 50.4 Å². The predicted molar refractivity (Wildman–Crippen MR) is 110 cm³/mol. The lowest BCUT2D eigenvalue weighted by molar-refractivity contribution is -0.137. The summed E-state index contributed by atoms with van der Waals surface area (Å²) in [5, 5.41) is 3.13. The minimum absolute atomic E-state index is 0.0524. The van der Waals surface area contributed by atoms with Gasteiger partial charge in [0.2, 0.25) is 5.91 Å². The van der Waals surface area contributed by atoms with E-state index in [0.717, 1.165) is 29.1 Å². The number of hydrogen-bond donors (Lipinski definition) is 1. The summed E-state index contributed by atoms with van der Waals surface area (Å²) in [4.78, 5) is 31.8. The van der Waals surface area contributed by atoms with Gasteiger partial charge in [-0.1, -0.05) is 6.07 Å². The third-order valence-electron chi connectivity index (χ3n) is 5.77. The quantitative estimate of drug-likeness (QED) is 0.805. The van der Waals surface area contributed by atoms with Crippen LogP contribution in [0.2, 0.25) is 0 Å². The van der Waals surface area contributed by atoms with Gasteiger partial charge in [-0.2, -0.15) is 13.2 Å². The van der Waals surface area contributed by atoms with Gasteiger partial charge in [-0.25, -0.2) is 4.98 Å².